The monoisotopic (exact) mass is 167 g/mol. The van der Waals surface area contributed by atoms with E-state index in [2.05, 4.69) is 4.72 Å². The summed E-state index contributed by atoms with van der Waals surface area (Å²) in [6, 6.07) is -0.573. The van der Waals surface area contributed by atoms with E-state index in [0.29, 0.717) is 5.75 Å². The van der Waals surface area contributed by atoms with Crippen LogP contribution in [0, 0.1) is 0 Å². The van der Waals surface area contributed by atoms with Gasteiger partial charge in [-0.1, -0.05) is 11.9 Å². The van der Waals surface area contributed by atoms with Crippen LogP contribution in [0.5, 0.6) is 0 Å². The summed E-state index contributed by atoms with van der Waals surface area (Å²) in [5.41, 5.74) is 0. The largest absolute Gasteiger partial charge is 0.480 e. The smallest absolute Gasteiger partial charge is 0.323 e. The van der Waals surface area contributed by atoms with E-state index in [1.807, 2.05) is 0 Å². The van der Waals surface area contributed by atoms with Crippen LogP contribution < -0.4 is 4.72 Å². The fraction of sp³-hybridized carbons (Fsp3) is 0.750. The fourth-order valence-electron chi connectivity index (χ4n) is 0.593. The summed E-state index contributed by atoms with van der Waals surface area (Å²) in [4.78, 5) is 10.3. The van der Waals surface area contributed by atoms with Gasteiger partial charge < -0.3 is 5.11 Å². The van der Waals surface area contributed by atoms with Crippen LogP contribution >= 0.6 is 23.5 Å². The van der Waals surface area contributed by atoms with Crippen LogP contribution in [0.3, 0.4) is 0 Å². The third-order valence-corrected chi connectivity index (χ3v) is 2.62. The molecule has 0 aromatic rings. The molecule has 0 amide bonds. The SMILES string of the molecule is O=C(O)C1NSCC1Cl. The van der Waals surface area contributed by atoms with Crippen molar-refractivity contribution in [2.45, 2.75) is 11.4 Å². The van der Waals surface area contributed by atoms with Gasteiger partial charge in [0, 0.05) is 5.75 Å². The second-order valence-corrected chi connectivity index (χ2v) is 3.18. The van der Waals surface area contributed by atoms with Gasteiger partial charge in [-0.2, -0.15) is 0 Å². The molecule has 52 valence electrons. The first kappa shape index (κ1) is 7.18. The number of rotatable bonds is 1. The minimum absolute atomic E-state index is 0.271. The summed E-state index contributed by atoms with van der Waals surface area (Å²) in [5, 5.41) is 8.15. The second kappa shape index (κ2) is 2.77. The van der Waals surface area contributed by atoms with Gasteiger partial charge in [0.1, 0.15) is 6.04 Å². The van der Waals surface area contributed by atoms with Crippen molar-refractivity contribution in [3.63, 3.8) is 0 Å². The van der Waals surface area contributed by atoms with Crippen LogP contribution in [0.4, 0.5) is 0 Å². The molecule has 1 fully saturated rings. The van der Waals surface area contributed by atoms with E-state index in [-0.39, 0.29) is 5.38 Å². The summed E-state index contributed by atoms with van der Waals surface area (Å²) in [6.45, 7) is 0. The number of hydrogen-bond acceptors (Lipinski definition) is 3. The molecule has 0 aromatic heterocycles. The Bertz CT molecular complexity index is 132. The molecule has 2 N–H and O–H groups in total. The summed E-state index contributed by atoms with van der Waals surface area (Å²) >= 11 is 6.96. The van der Waals surface area contributed by atoms with Crippen LogP contribution in [-0.4, -0.2) is 28.2 Å². The normalized spacial score (nSPS) is 34.8. The molecular formula is C4H6ClNO2S. The van der Waals surface area contributed by atoms with Crippen molar-refractivity contribution < 1.29 is 9.90 Å². The average molecular weight is 168 g/mol. The first-order chi connectivity index (χ1) is 4.22. The highest BCUT2D eigenvalue weighted by atomic mass is 35.5. The van der Waals surface area contributed by atoms with Crippen molar-refractivity contribution in [3.8, 4) is 0 Å². The van der Waals surface area contributed by atoms with Gasteiger partial charge in [0.15, 0.2) is 0 Å². The molecule has 2 atom stereocenters. The lowest BCUT2D eigenvalue weighted by Crippen LogP contribution is -2.34. The van der Waals surface area contributed by atoms with E-state index in [9.17, 15) is 4.79 Å². The standard InChI is InChI=1S/C4H6ClNO2S/c5-2-1-9-6-3(2)4(7)8/h2-3,6H,1H2,(H,7,8). The molecule has 0 spiro atoms. The van der Waals surface area contributed by atoms with E-state index >= 15 is 0 Å². The Labute approximate surface area is 61.9 Å². The molecule has 3 nitrogen and oxygen atoms in total. The first-order valence-electron chi connectivity index (χ1n) is 2.46. The molecule has 0 aromatic carbocycles. The highest BCUT2D eigenvalue weighted by Crippen LogP contribution is 2.18. The minimum Gasteiger partial charge on any atom is -0.480 e. The van der Waals surface area contributed by atoms with E-state index in [4.69, 9.17) is 16.7 Å². The first-order valence-corrected chi connectivity index (χ1v) is 3.88. The van der Waals surface area contributed by atoms with Crippen LogP contribution in [0.1, 0.15) is 0 Å². The Morgan fingerprint density at radius 1 is 1.89 bits per heavy atom. The molecule has 0 bridgehead atoms. The van der Waals surface area contributed by atoms with Gasteiger partial charge in [0.2, 0.25) is 0 Å². The Morgan fingerprint density at radius 3 is 2.78 bits per heavy atom. The molecule has 1 heterocycles. The number of aliphatic carboxylic acids is 1. The summed E-state index contributed by atoms with van der Waals surface area (Å²) in [5.74, 6) is -0.210. The Balaban J connectivity index is 2.49. The van der Waals surface area contributed by atoms with Gasteiger partial charge in [0.05, 0.1) is 5.38 Å². The molecule has 1 aliphatic heterocycles. The molecule has 0 radical (unpaired) electrons. The maximum absolute atomic E-state index is 10.3. The fourth-order valence-corrected chi connectivity index (χ4v) is 1.92. The molecule has 9 heavy (non-hydrogen) atoms. The highest BCUT2D eigenvalue weighted by molar-refractivity contribution is 7.97. The van der Waals surface area contributed by atoms with E-state index < -0.39 is 12.0 Å². The third-order valence-electron chi connectivity index (χ3n) is 1.08. The molecule has 1 saturated heterocycles. The summed E-state index contributed by atoms with van der Waals surface area (Å²) in [6.07, 6.45) is 0. The van der Waals surface area contributed by atoms with Crippen molar-refractivity contribution in [3.05, 3.63) is 0 Å². The van der Waals surface area contributed by atoms with Crippen molar-refractivity contribution in [1.82, 2.24) is 4.72 Å². The van der Waals surface area contributed by atoms with Gasteiger partial charge >= 0.3 is 5.97 Å². The predicted octanol–water partition coefficient (Wildman–Crippen LogP) is 0.298. The molecule has 1 aliphatic rings. The number of alkyl halides is 1. The number of carboxylic acid groups (broad SMARTS) is 1. The van der Waals surface area contributed by atoms with Crippen LogP contribution in [0.15, 0.2) is 0 Å². The lowest BCUT2D eigenvalue weighted by Gasteiger charge is -2.04. The highest BCUT2D eigenvalue weighted by Gasteiger charge is 2.31. The van der Waals surface area contributed by atoms with Gasteiger partial charge in [-0.05, 0) is 0 Å². The maximum atomic E-state index is 10.3. The topological polar surface area (TPSA) is 49.3 Å². The molecule has 1 rings (SSSR count). The van der Waals surface area contributed by atoms with Crippen LogP contribution in [0.2, 0.25) is 0 Å². The maximum Gasteiger partial charge on any atom is 0.323 e. The average Bonchev–Trinajstić information content (AvgIpc) is 2.13. The Morgan fingerprint density at radius 2 is 2.56 bits per heavy atom. The molecule has 2 unspecified atom stereocenters. The van der Waals surface area contributed by atoms with Gasteiger partial charge in [-0.15, -0.1) is 11.6 Å². The summed E-state index contributed by atoms with van der Waals surface area (Å²) < 4.78 is 2.69. The molecule has 0 aliphatic carbocycles. The zero-order valence-corrected chi connectivity index (χ0v) is 6.08. The van der Waals surface area contributed by atoms with Crippen LogP contribution in [-0.2, 0) is 4.79 Å². The number of carbonyl (C=O) groups is 1. The third kappa shape index (κ3) is 1.50. The summed E-state index contributed by atoms with van der Waals surface area (Å²) in [7, 11) is 0. The van der Waals surface area contributed by atoms with Crippen molar-refractivity contribution >= 4 is 29.5 Å². The van der Waals surface area contributed by atoms with Crippen molar-refractivity contribution in [2.75, 3.05) is 5.75 Å². The van der Waals surface area contributed by atoms with Gasteiger partial charge in [0.25, 0.3) is 0 Å². The van der Waals surface area contributed by atoms with E-state index in [1.165, 1.54) is 11.9 Å². The Hall–Kier alpha value is 0.0700. The van der Waals surface area contributed by atoms with Gasteiger partial charge in [-0.25, -0.2) is 4.72 Å². The molecular weight excluding hydrogens is 162 g/mol. The van der Waals surface area contributed by atoms with Gasteiger partial charge in [-0.3, -0.25) is 4.79 Å². The lowest BCUT2D eigenvalue weighted by atomic mass is 10.2. The quantitative estimate of drug-likeness (QED) is 0.436. The Kier molecular flexibility index (Phi) is 2.21. The van der Waals surface area contributed by atoms with Crippen molar-refractivity contribution in [1.29, 1.82) is 0 Å². The van der Waals surface area contributed by atoms with E-state index in [1.54, 1.807) is 0 Å². The second-order valence-electron chi connectivity index (χ2n) is 1.76. The number of carboxylic acids is 1. The zero-order chi connectivity index (χ0) is 6.85. The zero-order valence-electron chi connectivity index (χ0n) is 4.50. The minimum atomic E-state index is -0.875. The number of halogens is 1. The van der Waals surface area contributed by atoms with Crippen LogP contribution in [0.25, 0.3) is 0 Å². The predicted molar refractivity (Wildman–Crippen MR) is 36.7 cm³/mol. The van der Waals surface area contributed by atoms with Crippen molar-refractivity contribution in [2.24, 2.45) is 0 Å². The number of hydrogen-bond donors (Lipinski definition) is 2. The molecule has 5 heteroatoms. The lowest BCUT2D eigenvalue weighted by molar-refractivity contribution is -0.138. The van der Waals surface area contributed by atoms with E-state index in [0.717, 1.165) is 0 Å². The number of nitrogens with one attached hydrogen (secondary N) is 1. The molecule has 0 saturated carbocycles.